The molecule has 1 heterocycles. The zero-order chi connectivity index (χ0) is 21.8. The lowest BCUT2D eigenvalue weighted by atomic mass is 10.0. The summed E-state index contributed by atoms with van der Waals surface area (Å²) in [6.45, 7) is 0.0676. The number of nitrogens with one attached hydrogen (secondary N) is 1. The first-order chi connectivity index (χ1) is 15.0. The van der Waals surface area contributed by atoms with Crippen LogP contribution in [0.4, 0.5) is 14.9 Å². The molecule has 0 aromatic heterocycles. The molecule has 1 unspecified atom stereocenters. The van der Waals surface area contributed by atoms with Crippen molar-refractivity contribution in [3.63, 3.8) is 0 Å². The zero-order valence-electron chi connectivity index (χ0n) is 16.8. The number of carbonyl (C=O) groups excluding carboxylic acids is 2. The largest absolute Gasteiger partial charge is 0.445 e. The van der Waals surface area contributed by atoms with Crippen molar-refractivity contribution >= 4 is 23.4 Å². The number of carbonyl (C=O) groups is 2. The Morgan fingerprint density at radius 2 is 1.71 bits per heavy atom. The summed E-state index contributed by atoms with van der Waals surface area (Å²) >= 11 is 0. The van der Waals surface area contributed by atoms with E-state index in [4.69, 9.17) is 4.74 Å². The molecule has 0 spiro atoms. The van der Waals surface area contributed by atoms with Crippen LogP contribution in [0.5, 0.6) is 0 Å². The van der Waals surface area contributed by atoms with Gasteiger partial charge in [0.25, 0.3) is 5.91 Å². The fourth-order valence-electron chi connectivity index (χ4n) is 3.33. The van der Waals surface area contributed by atoms with Gasteiger partial charge in [0.15, 0.2) is 0 Å². The van der Waals surface area contributed by atoms with E-state index in [-0.39, 0.29) is 12.4 Å². The Morgan fingerprint density at radius 3 is 2.45 bits per heavy atom. The number of anilines is 1. The summed E-state index contributed by atoms with van der Waals surface area (Å²) in [5, 5.41) is 2.54. The third-order valence-corrected chi connectivity index (χ3v) is 4.93. The number of halogens is 1. The lowest BCUT2D eigenvalue weighted by Crippen LogP contribution is -2.46. The Kier molecular flexibility index (Phi) is 5.75. The molecule has 3 aromatic carbocycles. The Bertz CT molecular complexity index is 1130. The number of benzodiazepines with no additional fused rings is 1. The summed E-state index contributed by atoms with van der Waals surface area (Å²) < 4.78 is 18.7. The summed E-state index contributed by atoms with van der Waals surface area (Å²) in [5.41, 5.74) is 3.26. The molecule has 0 aliphatic carbocycles. The van der Waals surface area contributed by atoms with E-state index in [9.17, 15) is 14.0 Å². The third-order valence-electron chi connectivity index (χ3n) is 4.93. The van der Waals surface area contributed by atoms with E-state index in [0.717, 1.165) is 5.56 Å². The average Bonchev–Trinajstić information content (AvgIpc) is 2.90. The number of fused-ring (bicyclic) bond motifs is 1. The molecule has 1 aliphatic heterocycles. The summed E-state index contributed by atoms with van der Waals surface area (Å²) in [6.07, 6.45) is -1.95. The number of alkyl carbamates (subject to hydrolysis) is 1. The molecule has 1 N–H and O–H groups in total. The molecule has 6 nitrogen and oxygen atoms in total. The predicted molar refractivity (Wildman–Crippen MR) is 115 cm³/mol. The lowest BCUT2D eigenvalue weighted by molar-refractivity contribution is -0.120. The highest BCUT2D eigenvalue weighted by Gasteiger charge is 2.31. The van der Waals surface area contributed by atoms with E-state index in [1.54, 1.807) is 25.2 Å². The highest BCUT2D eigenvalue weighted by atomic mass is 19.1. The van der Waals surface area contributed by atoms with Gasteiger partial charge < -0.3 is 9.64 Å². The molecule has 156 valence electrons. The number of rotatable bonds is 4. The SMILES string of the molecule is CN1C(=O)C(NC(=O)OCc2ccccc2)N=C(c2ccc(F)cc2)c2ccccc21. The second kappa shape index (κ2) is 8.79. The van der Waals surface area contributed by atoms with Crippen LogP contribution < -0.4 is 10.2 Å². The van der Waals surface area contributed by atoms with Crippen LogP contribution in [0.15, 0.2) is 83.9 Å². The minimum absolute atomic E-state index is 0.0676. The first kappa shape index (κ1) is 20.3. The maximum Gasteiger partial charge on any atom is 0.409 e. The minimum atomic E-state index is -1.19. The number of benzene rings is 3. The van der Waals surface area contributed by atoms with Crippen molar-refractivity contribution in [2.24, 2.45) is 4.99 Å². The van der Waals surface area contributed by atoms with Gasteiger partial charge in [-0.3, -0.25) is 10.1 Å². The van der Waals surface area contributed by atoms with E-state index >= 15 is 0 Å². The number of hydrogen-bond acceptors (Lipinski definition) is 4. The minimum Gasteiger partial charge on any atom is -0.445 e. The van der Waals surface area contributed by atoms with Crippen LogP contribution in [0.2, 0.25) is 0 Å². The van der Waals surface area contributed by atoms with Crippen LogP contribution in [-0.4, -0.2) is 30.9 Å². The third kappa shape index (κ3) is 4.45. The summed E-state index contributed by atoms with van der Waals surface area (Å²) in [5.74, 6) is -0.792. The van der Waals surface area contributed by atoms with E-state index < -0.39 is 18.2 Å². The molecule has 0 saturated carbocycles. The molecule has 0 saturated heterocycles. The fourth-order valence-corrected chi connectivity index (χ4v) is 3.33. The maximum atomic E-state index is 13.5. The topological polar surface area (TPSA) is 71.0 Å². The highest BCUT2D eigenvalue weighted by molar-refractivity contribution is 6.20. The molecule has 31 heavy (non-hydrogen) atoms. The van der Waals surface area contributed by atoms with Crippen LogP contribution in [-0.2, 0) is 16.1 Å². The van der Waals surface area contributed by atoms with Gasteiger partial charge in [0.1, 0.15) is 12.4 Å². The van der Waals surface area contributed by atoms with Crippen LogP contribution in [0.25, 0.3) is 0 Å². The van der Waals surface area contributed by atoms with Crippen LogP contribution in [0.3, 0.4) is 0 Å². The van der Waals surface area contributed by atoms with E-state index in [1.165, 1.54) is 17.0 Å². The standard InChI is InChI=1S/C24H20FN3O3/c1-28-20-10-6-5-9-19(20)21(17-11-13-18(25)14-12-17)26-22(23(28)29)27-24(30)31-15-16-7-3-2-4-8-16/h2-14,22H,15H2,1H3,(H,27,30). The maximum absolute atomic E-state index is 13.5. The van der Waals surface area contributed by atoms with Crippen molar-refractivity contribution in [2.75, 3.05) is 11.9 Å². The Hall–Kier alpha value is -4.00. The monoisotopic (exact) mass is 417 g/mol. The first-order valence-corrected chi connectivity index (χ1v) is 9.71. The van der Waals surface area contributed by atoms with Gasteiger partial charge >= 0.3 is 6.09 Å². The van der Waals surface area contributed by atoms with E-state index in [0.29, 0.717) is 22.5 Å². The van der Waals surface area contributed by atoms with Crippen molar-refractivity contribution in [3.05, 3.63) is 101 Å². The second-order valence-corrected chi connectivity index (χ2v) is 7.01. The van der Waals surface area contributed by atoms with Crippen molar-refractivity contribution in [3.8, 4) is 0 Å². The van der Waals surface area contributed by atoms with Crippen molar-refractivity contribution in [2.45, 2.75) is 12.8 Å². The number of ether oxygens (including phenoxy) is 1. The number of amides is 2. The number of likely N-dealkylation sites (N-methyl/N-ethyl adjacent to an activating group) is 1. The van der Waals surface area contributed by atoms with Crippen molar-refractivity contribution in [1.82, 2.24) is 5.32 Å². The molecule has 4 rings (SSSR count). The number of hydrogen-bond donors (Lipinski definition) is 1. The molecular formula is C24H20FN3O3. The number of para-hydroxylation sites is 1. The molecule has 2 amide bonds. The van der Waals surface area contributed by atoms with Gasteiger partial charge in [-0.15, -0.1) is 0 Å². The van der Waals surface area contributed by atoms with E-state index in [2.05, 4.69) is 10.3 Å². The quantitative estimate of drug-likeness (QED) is 0.700. The van der Waals surface area contributed by atoms with Crippen molar-refractivity contribution < 1.29 is 18.7 Å². The zero-order valence-corrected chi connectivity index (χ0v) is 16.8. The van der Waals surface area contributed by atoms with Gasteiger partial charge in [0.2, 0.25) is 6.17 Å². The second-order valence-electron chi connectivity index (χ2n) is 7.01. The van der Waals surface area contributed by atoms with Crippen LogP contribution >= 0.6 is 0 Å². The van der Waals surface area contributed by atoms with Crippen LogP contribution in [0, 0.1) is 5.82 Å². The molecular weight excluding hydrogens is 397 g/mol. The summed E-state index contributed by atoms with van der Waals surface area (Å²) in [7, 11) is 1.62. The molecule has 1 aliphatic rings. The Balaban J connectivity index is 1.64. The highest BCUT2D eigenvalue weighted by Crippen LogP contribution is 2.27. The molecule has 3 aromatic rings. The van der Waals surface area contributed by atoms with Gasteiger partial charge in [-0.2, -0.15) is 0 Å². The molecule has 0 bridgehead atoms. The summed E-state index contributed by atoms with van der Waals surface area (Å²) in [6, 6.07) is 22.3. The Labute approximate surface area is 179 Å². The number of nitrogens with zero attached hydrogens (tertiary/aromatic N) is 2. The average molecular weight is 417 g/mol. The van der Waals surface area contributed by atoms with Gasteiger partial charge in [0.05, 0.1) is 11.4 Å². The molecule has 0 radical (unpaired) electrons. The normalized spacial score (nSPS) is 15.5. The van der Waals surface area contributed by atoms with Gasteiger partial charge in [-0.1, -0.05) is 48.5 Å². The van der Waals surface area contributed by atoms with Gasteiger partial charge in [-0.05, 0) is 35.9 Å². The molecule has 1 atom stereocenters. The lowest BCUT2D eigenvalue weighted by Gasteiger charge is -2.20. The molecule has 0 fully saturated rings. The Morgan fingerprint density at radius 1 is 1.03 bits per heavy atom. The summed E-state index contributed by atoms with van der Waals surface area (Å²) in [4.78, 5) is 31.4. The first-order valence-electron chi connectivity index (χ1n) is 9.71. The predicted octanol–water partition coefficient (Wildman–Crippen LogP) is 3.89. The van der Waals surface area contributed by atoms with Gasteiger partial charge in [0, 0.05) is 18.2 Å². The molecule has 7 heteroatoms. The van der Waals surface area contributed by atoms with E-state index in [1.807, 2.05) is 48.5 Å². The fraction of sp³-hybridized carbons (Fsp3) is 0.125. The smallest absolute Gasteiger partial charge is 0.409 e. The van der Waals surface area contributed by atoms with Crippen molar-refractivity contribution in [1.29, 1.82) is 0 Å². The number of aliphatic imine (C=N–C) groups is 1. The van der Waals surface area contributed by atoms with Crippen LogP contribution in [0.1, 0.15) is 16.7 Å². The van der Waals surface area contributed by atoms with Gasteiger partial charge in [-0.25, -0.2) is 14.2 Å².